The lowest BCUT2D eigenvalue weighted by molar-refractivity contribution is -0.114. The van der Waals surface area contributed by atoms with Crippen LogP contribution in [0.3, 0.4) is 0 Å². The molecule has 110 valence electrons. The summed E-state index contributed by atoms with van der Waals surface area (Å²) in [5, 5.41) is 3.67. The zero-order chi connectivity index (χ0) is 14.5. The number of benzene rings is 1. The molecule has 0 aromatic heterocycles. The fraction of sp³-hybridized carbons (Fsp3) is 0.562. The minimum absolute atomic E-state index is 0.0193. The smallest absolute Gasteiger partial charge is 0.221 e. The molecule has 1 fully saturated rings. The average Bonchev–Trinajstić information content (AvgIpc) is 2.87. The number of rotatable bonds is 5. The van der Waals surface area contributed by atoms with Crippen LogP contribution < -0.4 is 5.32 Å². The van der Waals surface area contributed by atoms with Crippen LogP contribution in [-0.2, 0) is 11.3 Å². The highest BCUT2D eigenvalue weighted by Crippen LogP contribution is 2.31. The second-order valence-corrected chi connectivity index (χ2v) is 6.76. The zero-order valence-corrected chi connectivity index (χ0v) is 13.4. The maximum absolute atomic E-state index is 11.1. The highest BCUT2D eigenvalue weighted by atomic mass is 32.2. The molecule has 1 aromatic rings. The van der Waals surface area contributed by atoms with E-state index < -0.39 is 0 Å². The normalized spacial score (nSPS) is 22.2. The van der Waals surface area contributed by atoms with Crippen molar-refractivity contribution >= 4 is 23.4 Å². The number of hydrogen-bond acceptors (Lipinski definition) is 3. The summed E-state index contributed by atoms with van der Waals surface area (Å²) in [6.45, 7) is 2.49. The van der Waals surface area contributed by atoms with Gasteiger partial charge in [-0.2, -0.15) is 11.8 Å². The van der Waals surface area contributed by atoms with Crippen LogP contribution in [0.4, 0.5) is 5.69 Å². The number of carbonyl (C=O) groups excluding carboxylic acids is 1. The van der Waals surface area contributed by atoms with Gasteiger partial charge < -0.3 is 5.32 Å². The van der Waals surface area contributed by atoms with Gasteiger partial charge in [0, 0.05) is 30.4 Å². The standard InChI is InChI=1S/C16H24N2OS/c1-12(19)17-14-6-4-5-13(9-14)11-18(2)15-7-8-16(10-15)20-3/h4-6,9,15-16H,7-8,10-11H2,1-3H3,(H,17,19)/t15-,16-/m1/s1. The molecule has 0 spiro atoms. The van der Waals surface area contributed by atoms with Crippen molar-refractivity contribution in [2.24, 2.45) is 0 Å². The number of amides is 1. The molecule has 4 heteroatoms. The Morgan fingerprint density at radius 2 is 2.25 bits per heavy atom. The minimum Gasteiger partial charge on any atom is -0.326 e. The van der Waals surface area contributed by atoms with E-state index in [1.165, 1.54) is 24.8 Å². The minimum atomic E-state index is -0.0193. The summed E-state index contributed by atoms with van der Waals surface area (Å²) in [6, 6.07) is 8.83. The lowest BCUT2D eigenvalue weighted by atomic mass is 10.1. The first-order chi connectivity index (χ1) is 9.58. The maximum Gasteiger partial charge on any atom is 0.221 e. The monoisotopic (exact) mass is 292 g/mol. The van der Waals surface area contributed by atoms with Crippen LogP contribution in [0, 0.1) is 0 Å². The molecule has 2 atom stereocenters. The maximum atomic E-state index is 11.1. The van der Waals surface area contributed by atoms with Crippen molar-refractivity contribution < 1.29 is 4.79 Å². The predicted octanol–water partition coefficient (Wildman–Crippen LogP) is 3.36. The Hall–Kier alpha value is -1.00. The highest BCUT2D eigenvalue weighted by Gasteiger charge is 2.26. The summed E-state index contributed by atoms with van der Waals surface area (Å²) in [4.78, 5) is 13.5. The van der Waals surface area contributed by atoms with Gasteiger partial charge in [-0.05, 0) is 50.3 Å². The van der Waals surface area contributed by atoms with E-state index in [1.54, 1.807) is 6.92 Å². The van der Waals surface area contributed by atoms with Crippen LogP contribution in [0.2, 0.25) is 0 Å². The first kappa shape index (κ1) is 15.4. The number of carbonyl (C=O) groups is 1. The number of nitrogens with zero attached hydrogens (tertiary/aromatic N) is 1. The third-order valence-corrected chi connectivity index (χ3v) is 5.09. The third-order valence-electron chi connectivity index (χ3n) is 3.99. The molecule has 0 unspecified atom stereocenters. The van der Waals surface area contributed by atoms with E-state index in [9.17, 15) is 4.79 Å². The van der Waals surface area contributed by atoms with Crippen LogP contribution in [0.25, 0.3) is 0 Å². The molecule has 3 nitrogen and oxygen atoms in total. The van der Waals surface area contributed by atoms with Gasteiger partial charge in [0.15, 0.2) is 0 Å². The van der Waals surface area contributed by atoms with Crippen molar-refractivity contribution in [1.29, 1.82) is 0 Å². The van der Waals surface area contributed by atoms with Crippen molar-refractivity contribution in [3.63, 3.8) is 0 Å². The van der Waals surface area contributed by atoms with Gasteiger partial charge >= 0.3 is 0 Å². The molecular formula is C16H24N2OS. The first-order valence-electron chi connectivity index (χ1n) is 7.18. The summed E-state index contributed by atoms with van der Waals surface area (Å²) in [6.07, 6.45) is 6.14. The van der Waals surface area contributed by atoms with E-state index in [0.29, 0.717) is 6.04 Å². The lowest BCUT2D eigenvalue weighted by Gasteiger charge is -2.24. The van der Waals surface area contributed by atoms with E-state index in [0.717, 1.165) is 17.5 Å². The predicted molar refractivity (Wildman–Crippen MR) is 87.2 cm³/mol. The molecule has 20 heavy (non-hydrogen) atoms. The molecule has 1 aromatic carbocycles. The van der Waals surface area contributed by atoms with Crippen molar-refractivity contribution in [3.05, 3.63) is 29.8 Å². The molecule has 1 N–H and O–H groups in total. The average molecular weight is 292 g/mol. The summed E-state index contributed by atoms with van der Waals surface area (Å²) >= 11 is 1.99. The molecule has 0 saturated heterocycles. The third kappa shape index (κ3) is 4.25. The Kier molecular flexibility index (Phi) is 5.49. The molecule has 0 bridgehead atoms. The lowest BCUT2D eigenvalue weighted by Crippen LogP contribution is -2.29. The van der Waals surface area contributed by atoms with Gasteiger partial charge in [0.05, 0.1) is 0 Å². The molecular weight excluding hydrogens is 268 g/mol. The van der Waals surface area contributed by atoms with Crippen LogP contribution in [-0.4, -0.2) is 35.4 Å². The Balaban J connectivity index is 1.94. The number of hydrogen-bond donors (Lipinski definition) is 1. The topological polar surface area (TPSA) is 32.3 Å². The van der Waals surface area contributed by atoms with Crippen molar-refractivity contribution in [2.75, 3.05) is 18.6 Å². The number of thioether (sulfide) groups is 1. The van der Waals surface area contributed by atoms with Crippen molar-refractivity contribution in [3.8, 4) is 0 Å². The van der Waals surface area contributed by atoms with E-state index in [4.69, 9.17) is 0 Å². The van der Waals surface area contributed by atoms with E-state index in [2.05, 4.69) is 35.7 Å². The molecule has 2 rings (SSSR count). The van der Waals surface area contributed by atoms with Gasteiger partial charge in [-0.25, -0.2) is 0 Å². The SMILES string of the molecule is CS[C@@H]1CC[C@@H](N(C)Cc2cccc(NC(C)=O)c2)C1. The summed E-state index contributed by atoms with van der Waals surface area (Å²) in [7, 11) is 2.21. The van der Waals surface area contributed by atoms with Crippen LogP contribution in [0.15, 0.2) is 24.3 Å². The highest BCUT2D eigenvalue weighted by molar-refractivity contribution is 7.99. The first-order valence-corrected chi connectivity index (χ1v) is 8.47. The summed E-state index contributed by atoms with van der Waals surface area (Å²) in [5.41, 5.74) is 2.14. The van der Waals surface area contributed by atoms with Gasteiger partial charge in [0.25, 0.3) is 0 Å². The van der Waals surface area contributed by atoms with Crippen molar-refractivity contribution in [1.82, 2.24) is 4.90 Å². The Morgan fingerprint density at radius 3 is 2.90 bits per heavy atom. The molecule has 0 heterocycles. The fourth-order valence-corrected chi connectivity index (χ4v) is 3.69. The van der Waals surface area contributed by atoms with Crippen LogP contribution in [0.1, 0.15) is 31.7 Å². The van der Waals surface area contributed by atoms with Gasteiger partial charge in [0.2, 0.25) is 5.91 Å². The molecule has 1 saturated carbocycles. The van der Waals surface area contributed by atoms with E-state index in [-0.39, 0.29) is 5.91 Å². The second kappa shape index (κ2) is 7.14. The fourth-order valence-electron chi connectivity index (χ4n) is 2.90. The Labute approximate surface area is 126 Å². The zero-order valence-electron chi connectivity index (χ0n) is 12.6. The number of nitrogens with one attached hydrogen (secondary N) is 1. The Bertz CT molecular complexity index is 464. The van der Waals surface area contributed by atoms with Crippen LogP contribution in [0.5, 0.6) is 0 Å². The molecule has 0 radical (unpaired) electrons. The molecule has 0 aliphatic heterocycles. The molecule has 1 amide bonds. The summed E-state index contributed by atoms with van der Waals surface area (Å²) in [5.74, 6) is -0.0193. The van der Waals surface area contributed by atoms with Crippen LogP contribution >= 0.6 is 11.8 Å². The van der Waals surface area contributed by atoms with E-state index >= 15 is 0 Å². The van der Waals surface area contributed by atoms with Gasteiger partial charge in [-0.3, -0.25) is 9.69 Å². The molecule has 1 aliphatic carbocycles. The quantitative estimate of drug-likeness (QED) is 0.903. The Morgan fingerprint density at radius 1 is 1.45 bits per heavy atom. The van der Waals surface area contributed by atoms with E-state index in [1.807, 2.05) is 23.9 Å². The summed E-state index contributed by atoms with van der Waals surface area (Å²) < 4.78 is 0. The van der Waals surface area contributed by atoms with Gasteiger partial charge in [-0.15, -0.1) is 0 Å². The van der Waals surface area contributed by atoms with Gasteiger partial charge in [0.1, 0.15) is 0 Å². The van der Waals surface area contributed by atoms with Crippen molar-refractivity contribution in [2.45, 2.75) is 44.0 Å². The molecule has 1 aliphatic rings. The second-order valence-electron chi connectivity index (χ2n) is 5.62. The largest absolute Gasteiger partial charge is 0.326 e. The van der Waals surface area contributed by atoms with Gasteiger partial charge in [-0.1, -0.05) is 12.1 Å². The number of anilines is 1.